The molecule has 1 aromatic carbocycles. The average Bonchev–Trinajstić information content (AvgIpc) is 2.32. The van der Waals surface area contributed by atoms with Gasteiger partial charge >= 0.3 is 0 Å². The van der Waals surface area contributed by atoms with Crippen LogP contribution in [-0.2, 0) is 0 Å². The number of aromatic hydroxyl groups is 2. The first-order valence-corrected chi connectivity index (χ1v) is 5.83. The summed E-state index contributed by atoms with van der Waals surface area (Å²) in [5.74, 6) is -0.651. The molecule has 0 radical (unpaired) electrons. The number of rotatable bonds is 2. The smallest absolute Gasteiger partial charge is 0.269 e. The van der Waals surface area contributed by atoms with Gasteiger partial charge in [0.05, 0.1) is 5.56 Å². The van der Waals surface area contributed by atoms with E-state index in [-0.39, 0.29) is 23.0 Å². The van der Waals surface area contributed by atoms with Crippen molar-refractivity contribution >= 4 is 5.91 Å². The van der Waals surface area contributed by atoms with E-state index in [1.165, 1.54) is 12.1 Å². The van der Waals surface area contributed by atoms with Gasteiger partial charge in [0.15, 0.2) is 0 Å². The van der Waals surface area contributed by atoms with E-state index in [4.69, 9.17) is 5.11 Å². The molecule has 0 aliphatic carbocycles. The molecule has 3 N–H and O–H groups in total. The van der Waals surface area contributed by atoms with E-state index >= 15 is 0 Å². The van der Waals surface area contributed by atoms with Gasteiger partial charge in [-0.15, -0.1) is 0 Å². The lowest BCUT2D eigenvalue weighted by molar-refractivity contribution is 0.0660. The highest BCUT2D eigenvalue weighted by molar-refractivity contribution is 5.96. The molecule has 1 aliphatic heterocycles. The fourth-order valence-electron chi connectivity index (χ4n) is 1.83. The Kier molecular flexibility index (Phi) is 3.69. The first kappa shape index (κ1) is 12.7. The molecule has 1 heterocycles. The van der Waals surface area contributed by atoms with Crippen LogP contribution in [0.4, 0.5) is 0 Å². The molecule has 1 aliphatic rings. The molecular formula is C12H17N3O3. The maximum Gasteiger partial charge on any atom is 0.269 e. The number of phenols is 2. The third-order valence-electron chi connectivity index (χ3n) is 2.99. The highest BCUT2D eigenvalue weighted by Gasteiger charge is 2.18. The molecule has 6 nitrogen and oxygen atoms in total. The number of piperazine rings is 1. The van der Waals surface area contributed by atoms with Gasteiger partial charge in [-0.25, -0.2) is 5.01 Å². The quantitative estimate of drug-likeness (QED) is 0.689. The van der Waals surface area contributed by atoms with Crippen LogP contribution in [0.25, 0.3) is 0 Å². The van der Waals surface area contributed by atoms with Crippen LogP contribution < -0.4 is 5.43 Å². The van der Waals surface area contributed by atoms with Gasteiger partial charge in [0.1, 0.15) is 11.5 Å². The summed E-state index contributed by atoms with van der Waals surface area (Å²) in [6.45, 7) is 3.28. The molecule has 6 heteroatoms. The average molecular weight is 251 g/mol. The van der Waals surface area contributed by atoms with Crippen molar-refractivity contribution in [3.63, 3.8) is 0 Å². The number of carbonyl (C=O) groups excluding carboxylic acids is 1. The normalized spacial score (nSPS) is 17.6. The number of phenolic OH excluding ortho intramolecular Hbond substituents is 2. The van der Waals surface area contributed by atoms with Crippen LogP contribution in [0.2, 0.25) is 0 Å². The van der Waals surface area contributed by atoms with Crippen LogP contribution in [0.1, 0.15) is 10.4 Å². The van der Waals surface area contributed by atoms with Gasteiger partial charge in [-0.3, -0.25) is 10.2 Å². The SMILES string of the molecule is CN1CCN(NC(=O)c2ccc(O)cc2O)CC1. The Morgan fingerprint density at radius 2 is 1.89 bits per heavy atom. The van der Waals surface area contributed by atoms with Crippen molar-refractivity contribution in [2.24, 2.45) is 0 Å². The lowest BCUT2D eigenvalue weighted by Gasteiger charge is -2.32. The summed E-state index contributed by atoms with van der Waals surface area (Å²) in [6, 6.07) is 3.92. The number of hydrazine groups is 1. The second kappa shape index (κ2) is 5.24. The second-order valence-electron chi connectivity index (χ2n) is 4.43. The van der Waals surface area contributed by atoms with Crippen LogP contribution in [-0.4, -0.2) is 59.3 Å². The number of hydrogen-bond acceptors (Lipinski definition) is 5. The van der Waals surface area contributed by atoms with Crippen LogP contribution in [0, 0.1) is 0 Å². The number of hydrogen-bond donors (Lipinski definition) is 3. The predicted molar refractivity (Wildman–Crippen MR) is 66.3 cm³/mol. The van der Waals surface area contributed by atoms with Crippen molar-refractivity contribution in [1.82, 2.24) is 15.3 Å². The van der Waals surface area contributed by atoms with Gasteiger partial charge in [-0.05, 0) is 19.2 Å². The number of nitrogens with zero attached hydrogens (tertiary/aromatic N) is 2. The molecule has 0 spiro atoms. The molecule has 0 atom stereocenters. The van der Waals surface area contributed by atoms with Crippen LogP contribution in [0.3, 0.4) is 0 Å². The third-order valence-corrected chi connectivity index (χ3v) is 2.99. The summed E-state index contributed by atoms with van der Waals surface area (Å²) >= 11 is 0. The van der Waals surface area contributed by atoms with E-state index in [2.05, 4.69) is 10.3 Å². The fourth-order valence-corrected chi connectivity index (χ4v) is 1.83. The molecule has 0 aromatic heterocycles. The van der Waals surface area contributed by atoms with E-state index < -0.39 is 0 Å². The van der Waals surface area contributed by atoms with Crippen LogP contribution in [0.5, 0.6) is 11.5 Å². The molecule has 1 fully saturated rings. The zero-order valence-corrected chi connectivity index (χ0v) is 10.3. The minimum absolute atomic E-state index is 0.0661. The molecule has 98 valence electrons. The molecule has 18 heavy (non-hydrogen) atoms. The van der Waals surface area contributed by atoms with Gasteiger partial charge in [0.2, 0.25) is 0 Å². The van der Waals surface area contributed by atoms with Crippen molar-refractivity contribution in [1.29, 1.82) is 0 Å². The summed E-state index contributed by atoms with van der Waals surface area (Å²) < 4.78 is 0. The van der Waals surface area contributed by atoms with Gasteiger partial charge in [0.25, 0.3) is 5.91 Å². The number of nitrogens with one attached hydrogen (secondary N) is 1. The zero-order valence-electron chi connectivity index (χ0n) is 10.3. The Labute approximate surface area is 105 Å². The van der Waals surface area contributed by atoms with Gasteiger partial charge in [-0.1, -0.05) is 0 Å². The first-order chi connectivity index (χ1) is 8.56. The van der Waals surface area contributed by atoms with E-state index in [9.17, 15) is 9.90 Å². The minimum atomic E-state index is -0.364. The Morgan fingerprint density at radius 3 is 2.50 bits per heavy atom. The second-order valence-corrected chi connectivity index (χ2v) is 4.43. The predicted octanol–water partition coefficient (Wildman–Crippen LogP) is -0.0100. The van der Waals surface area contributed by atoms with Crippen LogP contribution in [0.15, 0.2) is 18.2 Å². The number of amides is 1. The highest BCUT2D eigenvalue weighted by Crippen LogP contribution is 2.22. The van der Waals surface area contributed by atoms with E-state index in [0.717, 1.165) is 32.2 Å². The molecule has 1 amide bonds. The lowest BCUT2D eigenvalue weighted by atomic mass is 10.2. The maximum atomic E-state index is 11.9. The molecule has 1 saturated heterocycles. The van der Waals surface area contributed by atoms with Crippen molar-refractivity contribution in [2.45, 2.75) is 0 Å². The maximum absolute atomic E-state index is 11.9. The van der Waals surface area contributed by atoms with Gasteiger partial charge in [0, 0.05) is 32.2 Å². The summed E-state index contributed by atoms with van der Waals surface area (Å²) in [4.78, 5) is 14.1. The molecule has 0 saturated carbocycles. The zero-order chi connectivity index (χ0) is 13.1. The molecule has 1 aromatic rings. The summed E-state index contributed by atoms with van der Waals surface area (Å²) in [5.41, 5.74) is 2.90. The lowest BCUT2D eigenvalue weighted by Crippen LogP contribution is -2.52. The Bertz CT molecular complexity index is 442. The van der Waals surface area contributed by atoms with Crippen molar-refractivity contribution < 1.29 is 15.0 Å². The monoisotopic (exact) mass is 251 g/mol. The van der Waals surface area contributed by atoms with Crippen molar-refractivity contribution in [3.05, 3.63) is 23.8 Å². The minimum Gasteiger partial charge on any atom is -0.508 e. The largest absolute Gasteiger partial charge is 0.508 e. The van der Waals surface area contributed by atoms with Crippen molar-refractivity contribution in [2.75, 3.05) is 33.2 Å². The van der Waals surface area contributed by atoms with Gasteiger partial charge < -0.3 is 15.1 Å². The Morgan fingerprint density at radius 1 is 1.22 bits per heavy atom. The van der Waals surface area contributed by atoms with E-state index in [1.807, 2.05) is 12.1 Å². The molecule has 0 unspecified atom stereocenters. The standard InChI is InChI=1S/C12H17N3O3/c1-14-4-6-15(7-5-14)13-12(18)10-3-2-9(16)8-11(10)17/h2-3,8,16-17H,4-7H2,1H3,(H,13,18). The van der Waals surface area contributed by atoms with E-state index in [0.29, 0.717) is 0 Å². The molecular weight excluding hydrogens is 234 g/mol. The fraction of sp³-hybridized carbons (Fsp3) is 0.417. The number of likely N-dealkylation sites (N-methyl/N-ethyl adjacent to an activating group) is 1. The summed E-state index contributed by atoms with van der Waals surface area (Å²) in [6.07, 6.45) is 0. The third kappa shape index (κ3) is 2.91. The topological polar surface area (TPSA) is 76.0 Å². The Balaban J connectivity index is 1.99. The summed E-state index contributed by atoms with van der Waals surface area (Å²) in [7, 11) is 2.03. The molecule has 2 rings (SSSR count). The summed E-state index contributed by atoms with van der Waals surface area (Å²) in [5, 5.41) is 20.6. The number of benzene rings is 1. The first-order valence-electron chi connectivity index (χ1n) is 5.83. The highest BCUT2D eigenvalue weighted by atomic mass is 16.3. The van der Waals surface area contributed by atoms with Gasteiger partial charge in [-0.2, -0.15) is 0 Å². The van der Waals surface area contributed by atoms with Crippen molar-refractivity contribution in [3.8, 4) is 11.5 Å². The Hall–Kier alpha value is -1.79. The van der Waals surface area contributed by atoms with E-state index in [1.54, 1.807) is 0 Å². The van der Waals surface area contributed by atoms with Crippen LogP contribution >= 0.6 is 0 Å². The number of carbonyl (C=O) groups is 1. The molecule has 0 bridgehead atoms.